The van der Waals surface area contributed by atoms with Gasteiger partial charge in [-0.1, -0.05) is 19.8 Å². The molecule has 2 unspecified atom stereocenters. The predicted molar refractivity (Wildman–Crippen MR) is 72.2 cm³/mol. The fraction of sp³-hybridized carbons (Fsp3) is 0.867. The van der Waals surface area contributed by atoms with Crippen LogP contribution in [0, 0.1) is 11.8 Å². The van der Waals surface area contributed by atoms with E-state index in [0.717, 1.165) is 32.5 Å². The number of hydrogen-bond donors (Lipinski definition) is 2. The van der Waals surface area contributed by atoms with E-state index in [1.54, 1.807) is 0 Å². The van der Waals surface area contributed by atoms with Crippen LogP contribution in [-0.4, -0.2) is 36.0 Å². The van der Waals surface area contributed by atoms with Gasteiger partial charge in [-0.3, -0.25) is 0 Å². The van der Waals surface area contributed by atoms with Crippen LogP contribution in [0.25, 0.3) is 0 Å². The minimum Gasteiger partial charge on any atom is -0.389 e. The topological polar surface area (TPSA) is 41.5 Å². The Morgan fingerprint density at radius 3 is 2.61 bits per heavy atom. The van der Waals surface area contributed by atoms with Crippen LogP contribution in [0.4, 0.5) is 0 Å². The summed E-state index contributed by atoms with van der Waals surface area (Å²) in [4.78, 5) is 0. The molecule has 0 aromatic heterocycles. The molecule has 0 aliphatic carbocycles. The Balaban J connectivity index is 1.77. The summed E-state index contributed by atoms with van der Waals surface area (Å²) < 4.78 is 5.49. The lowest BCUT2D eigenvalue weighted by atomic mass is 9.81. The maximum atomic E-state index is 10.6. The summed E-state index contributed by atoms with van der Waals surface area (Å²) in [6, 6.07) is 0.619. The lowest BCUT2D eigenvalue weighted by molar-refractivity contribution is -0.0732. The molecule has 0 aromatic carbocycles. The number of morpholine rings is 1. The number of rotatable bonds is 4. The Bertz CT molecular complexity index is 306. The average molecular weight is 251 g/mol. The number of piperidine rings is 1. The predicted octanol–water partition coefficient (Wildman–Crippen LogP) is 1.84. The SMILES string of the molecule is CCCCCC#CCC1(O)CC2COCC(C1)N2. The molecule has 2 aliphatic rings. The van der Waals surface area contributed by atoms with Crippen molar-refractivity contribution in [3.63, 3.8) is 0 Å². The van der Waals surface area contributed by atoms with Crippen LogP contribution in [-0.2, 0) is 4.74 Å². The van der Waals surface area contributed by atoms with E-state index in [0.29, 0.717) is 18.5 Å². The minimum atomic E-state index is -0.595. The summed E-state index contributed by atoms with van der Waals surface area (Å²) in [6.07, 6.45) is 6.81. The van der Waals surface area contributed by atoms with Crippen LogP contribution < -0.4 is 5.32 Å². The van der Waals surface area contributed by atoms with Gasteiger partial charge >= 0.3 is 0 Å². The van der Waals surface area contributed by atoms with Crippen LogP contribution in [0.15, 0.2) is 0 Å². The first kappa shape index (κ1) is 13.9. The van der Waals surface area contributed by atoms with Crippen molar-refractivity contribution >= 4 is 0 Å². The fourth-order valence-electron chi connectivity index (χ4n) is 2.94. The maximum absolute atomic E-state index is 10.6. The Hall–Kier alpha value is -0.560. The molecule has 0 aromatic rings. The van der Waals surface area contributed by atoms with Gasteiger partial charge < -0.3 is 15.2 Å². The van der Waals surface area contributed by atoms with E-state index in [1.165, 1.54) is 19.3 Å². The second-order valence-corrected chi connectivity index (χ2v) is 5.72. The molecule has 0 radical (unpaired) electrons. The molecule has 102 valence electrons. The van der Waals surface area contributed by atoms with E-state index in [9.17, 15) is 5.11 Å². The molecule has 2 rings (SSSR count). The van der Waals surface area contributed by atoms with Crippen molar-refractivity contribution in [3.05, 3.63) is 0 Å². The van der Waals surface area contributed by atoms with Gasteiger partial charge in [0.05, 0.1) is 18.8 Å². The number of ether oxygens (including phenoxy) is 1. The summed E-state index contributed by atoms with van der Waals surface area (Å²) >= 11 is 0. The summed E-state index contributed by atoms with van der Waals surface area (Å²) in [5.41, 5.74) is -0.595. The quantitative estimate of drug-likeness (QED) is 0.592. The zero-order chi connectivity index (χ0) is 12.8. The summed E-state index contributed by atoms with van der Waals surface area (Å²) in [7, 11) is 0. The third-order valence-electron chi connectivity index (χ3n) is 3.81. The first-order chi connectivity index (χ1) is 8.72. The van der Waals surface area contributed by atoms with Crippen LogP contribution in [0.3, 0.4) is 0 Å². The highest BCUT2D eigenvalue weighted by atomic mass is 16.5. The fourth-order valence-corrected chi connectivity index (χ4v) is 2.94. The van der Waals surface area contributed by atoms with Gasteiger partial charge in [-0.05, 0) is 19.3 Å². The molecule has 3 nitrogen and oxygen atoms in total. The van der Waals surface area contributed by atoms with Gasteiger partial charge in [0.2, 0.25) is 0 Å². The molecular weight excluding hydrogens is 226 g/mol. The molecule has 2 heterocycles. The van der Waals surface area contributed by atoms with Crippen molar-refractivity contribution in [2.45, 2.75) is 69.6 Å². The Kier molecular flexibility index (Phi) is 5.05. The number of unbranched alkanes of at least 4 members (excludes halogenated alkanes) is 3. The van der Waals surface area contributed by atoms with Crippen LogP contribution in [0.2, 0.25) is 0 Å². The Morgan fingerprint density at radius 2 is 1.94 bits per heavy atom. The first-order valence-corrected chi connectivity index (χ1v) is 7.24. The zero-order valence-corrected chi connectivity index (χ0v) is 11.4. The van der Waals surface area contributed by atoms with E-state index >= 15 is 0 Å². The van der Waals surface area contributed by atoms with Crippen molar-refractivity contribution in [2.75, 3.05) is 13.2 Å². The second-order valence-electron chi connectivity index (χ2n) is 5.72. The third-order valence-corrected chi connectivity index (χ3v) is 3.81. The molecule has 18 heavy (non-hydrogen) atoms. The molecule has 2 bridgehead atoms. The van der Waals surface area contributed by atoms with Crippen molar-refractivity contribution < 1.29 is 9.84 Å². The van der Waals surface area contributed by atoms with Gasteiger partial charge in [-0.15, -0.1) is 11.8 Å². The van der Waals surface area contributed by atoms with E-state index in [2.05, 4.69) is 24.1 Å². The standard InChI is InChI=1S/C15H25NO2/c1-2-3-4-5-6-7-8-15(17)9-13-11-18-12-14(10-15)16-13/h13-14,16-17H,2-5,8-12H2,1H3. The van der Waals surface area contributed by atoms with Crippen LogP contribution in [0.5, 0.6) is 0 Å². The van der Waals surface area contributed by atoms with Crippen molar-refractivity contribution in [1.82, 2.24) is 5.32 Å². The third kappa shape index (κ3) is 3.98. The largest absolute Gasteiger partial charge is 0.389 e. The lowest BCUT2D eigenvalue weighted by Crippen LogP contribution is -2.59. The zero-order valence-electron chi connectivity index (χ0n) is 11.4. The minimum absolute atomic E-state index is 0.310. The number of hydrogen-bond acceptors (Lipinski definition) is 3. The first-order valence-electron chi connectivity index (χ1n) is 7.24. The molecule has 2 N–H and O–H groups in total. The smallest absolute Gasteiger partial charge is 0.0787 e. The molecule has 2 aliphatic heterocycles. The lowest BCUT2D eigenvalue weighted by Gasteiger charge is -2.44. The van der Waals surface area contributed by atoms with Gasteiger partial charge in [0.25, 0.3) is 0 Å². The van der Waals surface area contributed by atoms with Crippen molar-refractivity contribution in [3.8, 4) is 11.8 Å². The van der Waals surface area contributed by atoms with Gasteiger partial charge in [-0.2, -0.15) is 0 Å². The summed E-state index contributed by atoms with van der Waals surface area (Å²) in [5, 5.41) is 14.1. The number of fused-ring (bicyclic) bond motifs is 2. The molecule has 0 saturated carbocycles. The highest BCUT2D eigenvalue weighted by molar-refractivity contribution is 5.07. The van der Waals surface area contributed by atoms with Crippen LogP contribution >= 0.6 is 0 Å². The molecule has 2 saturated heterocycles. The van der Waals surface area contributed by atoms with Crippen molar-refractivity contribution in [1.29, 1.82) is 0 Å². The molecule has 2 atom stereocenters. The normalized spacial score (nSPS) is 34.8. The maximum Gasteiger partial charge on any atom is 0.0787 e. The monoisotopic (exact) mass is 251 g/mol. The molecule has 2 fully saturated rings. The van der Waals surface area contributed by atoms with Crippen LogP contribution in [0.1, 0.15) is 51.9 Å². The van der Waals surface area contributed by atoms with E-state index in [-0.39, 0.29) is 0 Å². The molecule has 3 heteroatoms. The van der Waals surface area contributed by atoms with E-state index < -0.39 is 5.60 Å². The van der Waals surface area contributed by atoms with E-state index in [1.807, 2.05) is 0 Å². The van der Waals surface area contributed by atoms with Gasteiger partial charge in [0.1, 0.15) is 0 Å². The van der Waals surface area contributed by atoms with E-state index in [4.69, 9.17) is 4.74 Å². The highest BCUT2D eigenvalue weighted by Gasteiger charge is 2.40. The Labute approximate surface area is 110 Å². The van der Waals surface area contributed by atoms with Gasteiger partial charge in [0, 0.05) is 24.9 Å². The number of aliphatic hydroxyl groups is 1. The van der Waals surface area contributed by atoms with Gasteiger partial charge in [0.15, 0.2) is 0 Å². The summed E-state index contributed by atoms with van der Waals surface area (Å²) in [5.74, 6) is 6.37. The molecule has 0 amide bonds. The Morgan fingerprint density at radius 1 is 1.22 bits per heavy atom. The van der Waals surface area contributed by atoms with Gasteiger partial charge in [-0.25, -0.2) is 0 Å². The highest BCUT2D eigenvalue weighted by Crippen LogP contribution is 2.30. The second kappa shape index (κ2) is 6.56. The average Bonchev–Trinajstić information content (AvgIpc) is 2.33. The number of nitrogens with one attached hydrogen (secondary N) is 1. The molecule has 0 spiro atoms. The molecular formula is C15H25NO2. The van der Waals surface area contributed by atoms with Crippen molar-refractivity contribution in [2.24, 2.45) is 0 Å². The summed E-state index contributed by atoms with van der Waals surface area (Å²) in [6.45, 7) is 3.65.